The van der Waals surface area contributed by atoms with Gasteiger partial charge in [-0.15, -0.1) is 0 Å². The van der Waals surface area contributed by atoms with E-state index in [2.05, 4.69) is 5.32 Å². The van der Waals surface area contributed by atoms with Gasteiger partial charge < -0.3 is 16.2 Å². The lowest BCUT2D eigenvalue weighted by Crippen LogP contribution is -2.40. The van der Waals surface area contributed by atoms with Gasteiger partial charge in [-0.25, -0.2) is 0 Å². The minimum atomic E-state index is -1.17. The molecule has 15 heavy (non-hydrogen) atoms. The molecule has 7 heteroatoms. The van der Waals surface area contributed by atoms with Crippen molar-refractivity contribution >= 4 is 17.8 Å². The highest BCUT2D eigenvalue weighted by Gasteiger charge is 2.16. The van der Waals surface area contributed by atoms with Crippen LogP contribution in [0.15, 0.2) is 0 Å². The van der Waals surface area contributed by atoms with Crippen molar-refractivity contribution in [3.8, 4) is 0 Å². The van der Waals surface area contributed by atoms with Crippen molar-refractivity contribution in [1.29, 1.82) is 0 Å². The van der Waals surface area contributed by atoms with E-state index in [4.69, 9.17) is 16.6 Å². The summed E-state index contributed by atoms with van der Waals surface area (Å²) in [7, 11) is 0. The van der Waals surface area contributed by atoms with Crippen LogP contribution in [0.4, 0.5) is 0 Å². The molecule has 0 aromatic rings. The molecular weight excluding hydrogens is 202 g/mol. The Morgan fingerprint density at radius 1 is 1.47 bits per heavy atom. The number of nitrogens with one attached hydrogen (secondary N) is 2. The molecule has 0 fully saturated rings. The Morgan fingerprint density at radius 2 is 2.00 bits per heavy atom. The van der Waals surface area contributed by atoms with Crippen LogP contribution >= 0.6 is 0 Å². The van der Waals surface area contributed by atoms with Crippen LogP contribution in [0.5, 0.6) is 0 Å². The van der Waals surface area contributed by atoms with E-state index in [0.717, 1.165) is 0 Å². The lowest BCUT2D eigenvalue weighted by atomic mass is 10.1. The number of aliphatic carboxylic acids is 1. The molecule has 0 aliphatic carbocycles. The fourth-order valence-corrected chi connectivity index (χ4v) is 0.789. The molecule has 0 saturated carbocycles. The largest absolute Gasteiger partial charge is 0.480 e. The summed E-state index contributed by atoms with van der Waals surface area (Å²) in [6, 6.07) is -1.96. The Bertz CT molecular complexity index is 267. The normalized spacial score (nSPS) is 14.0. The molecular formula is C8H14N3O4. The molecule has 0 aliphatic rings. The van der Waals surface area contributed by atoms with E-state index in [1.807, 2.05) is 0 Å². The summed E-state index contributed by atoms with van der Waals surface area (Å²) in [5, 5.41) is 10.7. The topological polar surface area (TPSA) is 133 Å². The van der Waals surface area contributed by atoms with Crippen LogP contribution in [0.25, 0.3) is 0 Å². The van der Waals surface area contributed by atoms with E-state index in [1.165, 1.54) is 6.92 Å². The summed E-state index contributed by atoms with van der Waals surface area (Å²) < 4.78 is 0. The minimum absolute atomic E-state index is 0.0000765. The van der Waals surface area contributed by atoms with Crippen molar-refractivity contribution in [2.75, 3.05) is 0 Å². The summed E-state index contributed by atoms with van der Waals surface area (Å²) in [5.74, 6) is -2.56. The van der Waals surface area contributed by atoms with Gasteiger partial charge in [0.15, 0.2) is 0 Å². The lowest BCUT2D eigenvalue weighted by Gasteiger charge is -2.10. The average Bonchev–Trinajstić information content (AvgIpc) is 2.13. The van der Waals surface area contributed by atoms with Gasteiger partial charge >= 0.3 is 5.97 Å². The van der Waals surface area contributed by atoms with Gasteiger partial charge in [0.05, 0.1) is 0 Å². The smallest absolute Gasteiger partial charge is 0.320 e. The maximum Gasteiger partial charge on any atom is 0.320 e. The van der Waals surface area contributed by atoms with Gasteiger partial charge in [0.1, 0.15) is 12.1 Å². The average molecular weight is 216 g/mol. The Hall–Kier alpha value is -1.63. The molecule has 0 bridgehead atoms. The molecule has 0 aromatic heterocycles. The first-order valence-corrected chi connectivity index (χ1v) is 4.37. The van der Waals surface area contributed by atoms with Crippen LogP contribution in [0.2, 0.25) is 0 Å². The zero-order valence-corrected chi connectivity index (χ0v) is 8.32. The number of nitrogens with two attached hydrogens (primary N) is 1. The Kier molecular flexibility index (Phi) is 5.32. The molecule has 0 rings (SSSR count). The van der Waals surface area contributed by atoms with Crippen molar-refractivity contribution in [3.05, 3.63) is 0 Å². The highest BCUT2D eigenvalue weighted by Crippen LogP contribution is 1.95. The first-order valence-electron chi connectivity index (χ1n) is 4.37. The molecule has 2 amide bonds. The molecule has 0 heterocycles. The summed E-state index contributed by atoms with van der Waals surface area (Å²) in [5.41, 5.74) is 11.9. The molecule has 0 saturated heterocycles. The molecule has 5 N–H and O–H groups in total. The number of hydrogen-bond donors (Lipinski definition) is 3. The van der Waals surface area contributed by atoms with Crippen molar-refractivity contribution in [1.82, 2.24) is 11.1 Å². The highest BCUT2D eigenvalue weighted by atomic mass is 16.4. The van der Waals surface area contributed by atoms with E-state index in [-0.39, 0.29) is 12.8 Å². The zero-order chi connectivity index (χ0) is 12.0. The third-order valence-electron chi connectivity index (χ3n) is 1.77. The molecule has 7 nitrogen and oxygen atoms in total. The van der Waals surface area contributed by atoms with Gasteiger partial charge in [0.2, 0.25) is 5.91 Å². The summed E-state index contributed by atoms with van der Waals surface area (Å²) in [4.78, 5) is 31.8. The molecule has 0 aromatic carbocycles. The zero-order valence-electron chi connectivity index (χ0n) is 8.32. The van der Waals surface area contributed by atoms with Gasteiger partial charge in [-0.05, 0) is 13.3 Å². The number of rotatable bonds is 6. The van der Waals surface area contributed by atoms with E-state index in [9.17, 15) is 14.4 Å². The Morgan fingerprint density at radius 3 is 2.40 bits per heavy atom. The predicted octanol–water partition coefficient (Wildman–Crippen LogP) is -1.51. The summed E-state index contributed by atoms with van der Waals surface area (Å²) in [6.45, 7) is 1.38. The molecule has 2 atom stereocenters. The quantitative estimate of drug-likeness (QED) is 0.496. The Balaban J connectivity index is 3.85. The predicted molar refractivity (Wildman–Crippen MR) is 50.6 cm³/mol. The van der Waals surface area contributed by atoms with E-state index < -0.39 is 29.9 Å². The fraction of sp³-hybridized carbons (Fsp3) is 0.625. The monoisotopic (exact) mass is 216 g/mol. The van der Waals surface area contributed by atoms with Crippen LogP contribution in [-0.4, -0.2) is 35.0 Å². The molecule has 1 radical (unpaired) electrons. The van der Waals surface area contributed by atoms with Gasteiger partial charge in [-0.3, -0.25) is 20.1 Å². The second kappa shape index (κ2) is 5.97. The van der Waals surface area contributed by atoms with Gasteiger partial charge in [0.25, 0.3) is 5.91 Å². The second-order valence-electron chi connectivity index (χ2n) is 3.14. The maximum absolute atomic E-state index is 11.1. The standard InChI is InChI=1S/C8H14N3O4/c1-4(7(10)13)11-6(12)3-2-5(9)8(14)15/h4-5,10H,2-3,9H2,1H3,(H,11,12)(H,14,15)/t4-,5-/m0/s1. The first kappa shape index (κ1) is 13.4. The van der Waals surface area contributed by atoms with Crippen LogP contribution < -0.4 is 16.8 Å². The lowest BCUT2D eigenvalue weighted by molar-refractivity contribution is -0.138. The Labute approximate surface area is 86.8 Å². The number of carbonyl (C=O) groups is 3. The number of hydrogen-bond acceptors (Lipinski definition) is 4. The fourth-order valence-electron chi connectivity index (χ4n) is 0.789. The van der Waals surface area contributed by atoms with Gasteiger partial charge in [-0.2, -0.15) is 0 Å². The van der Waals surface area contributed by atoms with Crippen molar-refractivity contribution < 1.29 is 19.5 Å². The summed E-state index contributed by atoms with van der Waals surface area (Å²) in [6.07, 6.45) is -0.0782. The van der Waals surface area contributed by atoms with Crippen LogP contribution in [-0.2, 0) is 14.4 Å². The second-order valence-corrected chi connectivity index (χ2v) is 3.14. The van der Waals surface area contributed by atoms with Crippen molar-refractivity contribution in [2.24, 2.45) is 5.73 Å². The first-order chi connectivity index (χ1) is 6.84. The number of amides is 2. The number of carbonyl (C=O) groups excluding carboxylic acids is 2. The molecule has 0 unspecified atom stereocenters. The molecule has 85 valence electrons. The van der Waals surface area contributed by atoms with Crippen molar-refractivity contribution in [3.63, 3.8) is 0 Å². The van der Waals surface area contributed by atoms with Gasteiger partial charge in [0, 0.05) is 6.42 Å². The maximum atomic E-state index is 11.1. The SMILES string of the molecule is C[C@H](NC(=O)CC[C@H](N)C(=O)O)C([NH])=O. The third-order valence-corrected chi connectivity index (χ3v) is 1.77. The van der Waals surface area contributed by atoms with E-state index in [1.54, 1.807) is 0 Å². The van der Waals surface area contributed by atoms with E-state index >= 15 is 0 Å². The van der Waals surface area contributed by atoms with Crippen LogP contribution in [0, 0.1) is 0 Å². The van der Waals surface area contributed by atoms with E-state index in [0.29, 0.717) is 0 Å². The minimum Gasteiger partial charge on any atom is -0.480 e. The number of carboxylic acids is 1. The third kappa shape index (κ3) is 5.63. The van der Waals surface area contributed by atoms with Crippen LogP contribution in [0.3, 0.4) is 0 Å². The number of carboxylic acid groups (broad SMARTS) is 1. The van der Waals surface area contributed by atoms with Crippen LogP contribution in [0.1, 0.15) is 19.8 Å². The highest BCUT2D eigenvalue weighted by molar-refractivity contribution is 5.86. The van der Waals surface area contributed by atoms with Gasteiger partial charge in [-0.1, -0.05) is 0 Å². The summed E-state index contributed by atoms with van der Waals surface area (Å²) >= 11 is 0. The molecule has 0 spiro atoms. The molecule has 0 aliphatic heterocycles. The van der Waals surface area contributed by atoms with Crippen molar-refractivity contribution in [2.45, 2.75) is 31.8 Å².